The molecule has 0 radical (unpaired) electrons. The molecule has 4 N–H and O–H groups in total. The lowest BCUT2D eigenvalue weighted by Crippen LogP contribution is -2.47. The number of amides is 2. The smallest absolute Gasteiger partial charge is 0.326 e. The van der Waals surface area contributed by atoms with Crippen LogP contribution >= 0.6 is 11.6 Å². The summed E-state index contributed by atoms with van der Waals surface area (Å²) in [5.41, 5.74) is 6.01. The van der Waals surface area contributed by atoms with Crippen LogP contribution in [0.15, 0.2) is 67.0 Å². The van der Waals surface area contributed by atoms with Crippen LogP contribution in [0.25, 0.3) is 22.2 Å². The molecular weight excluding hydrogens is 530 g/mol. The lowest BCUT2D eigenvalue weighted by Gasteiger charge is -2.33. The number of pyridine rings is 2. The summed E-state index contributed by atoms with van der Waals surface area (Å²) in [4.78, 5) is 47.0. The van der Waals surface area contributed by atoms with E-state index in [9.17, 15) is 19.5 Å². The number of nitrogens with zero attached hydrogens (tertiary/aromatic N) is 3. The minimum Gasteiger partial charge on any atom is -0.480 e. The average molecular weight is 554 g/mol. The van der Waals surface area contributed by atoms with E-state index in [1.807, 2.05) is 6.07 Å². The van der Waals surface area contributed by atoms with E-state index in [1.165, 1.54) is 4.90 Å². The van der Waals surface area contributed by atoms with Crippen LogP contribution < -0.4 is 11.3 Å². The molecule has 4 aromatic rings. The number of carboxylic acid groups (broad SMARTS) is 1. The van der Waals surface area contributed by atoms with Gasteiger partial charge in [-0.05, 0) is 67.8 Å². The third-order valence-corrected chi connectivity index (χ3v) is 7.09. The van der Waals surface area contributed by atoms with Gasteiger partial charge < -0.3 is 10.0 Å². The molecule has 0 aliphatic carbocycles. The van der Waals surface area contributed by atoms with Crippen molar-refractivity contribution in [3.63, 3.8) is 0 Å². The summed E-state index contributed by atoms with van der Waals surface area (Å²) in [5.74, 6) is 9.73. The summed E-state index contributed by atoms with van der Waals surface area (Å²) >= 11 is 6.55. The van der Waals surface area contributed by atoms with E-state index < -0.39 is 17.9 Å². The van der Waals surface area contributed by atoms with Gasteiger partial charge in [0.05, 0.1) is 21.8 Å². The lowest BCUT2D eigenvalue weighted by atomic mass is 10.0. The number of fused-ring (bicyclic) bond motifs is 1. The van der Waals surface area contributed by atoms with Gasteiger partial charge in [0.1, 0.15) is 6.04 Å². The molecule has 200 valence electrons. The minimum absolute atomic E-state index is 0.295. The highest BCUT2D eigenvalue weighted by Gasteiger charge is 2.32. The van der Waals surface area contributed by atoms with Crippen LogP contribution in [-0.2, 0) is 4.79 Å². The number of hydrogen-bond acceptors (Lipinski definition) is 6. The van der Waals surface area contributed by atoms with Crippen molar-refractivity contribution in [3.05, 3.63) is 94.3 Å². The normalized spacial score (nSPS) is 14.8. The number of halogens is 1. The van der Waals surface area contributed by atoms with Gasteiger partial charge in [-0.1, -0.05) is 29.5 Å². The number of hydrazine groups is 1. The molecule has 40 heavy (non-hydrogen) atoms. The summed E-state index contributed by atoms with van der Waals surface area (Å²) in [7, 11) is 0. The first-order chi connectivity index (χ1) is 19.4. The molecule has 2 amide bonds. The van der Waals surface area contributed by atoms with Crippen molar-refractivity contribution in [3.8, 4) is 23.1 Å². The Balaban J connectivity index is 1.36. The second-order valence-corrected chi connectivity index (χ2v) is 9.70. The fraction of sp³-hybridized carbons (Fsp3) is 0.167. The van der Waals surface area contributed by atoms with E-state index >= 15 is 0 Å². The van der Waals surface area contributed by atoms with Gasteiger partial charge in [0, 0.05) is 46.6 Å². The van der Waals surface area contributed by atoms with E-state index in [0.717, 1.165) is 12.8 Å². The maximum atomic E-state index is 12.9. The molecule has 0 saturated carbocycles. The zero-order chi connectivity index (χ0) is 28.2. The van der Waals surface area contributed by atoms with Gasteiger partial charge in [0.15, 0.2) is 0 Å². The number of hydrogen-bond donors (Lipinski definition) is 3. The van der Waals surface area contributed by atoms with E-state index in [-0.39, 0.29) is 5.91 Å². The van der Waals surface area contributed by atoms with Crippen LogP contribution in [-0.4, -0.2) is 50.3 Å². The van der Waals surface area contributed by atoms with E-state index in [4.69, 9.17) is 17.4 Å². The molecule has 0 bridgehead atoms. The molecule has 1 aliphatic heterocycles. The second kappa shape index (κ2) is 11.5. The minimum atomic E-state index is -0.978. The molecule has 3 heterocycles. The molecule has 1 aliphatic rings. The quantitative estimate of drug-likeness (QED) is 0.150. The fourth-order valence-electron chi connectivity index (χ4n) is 4.69. The van der Waals surface area contributed by atoms with Gasteiger partial charge in [-0.3, -0.25) is 20.0 Å². The number of likely N-dealkylation sites (tertiary alicyclic amines) is 1. The first-order valence-corrected chi connectivity index (χ1v) is 12.9. The number of carboxylic acids is 1. The molecule has 1 unspecified atom stereocenters. The van der Waals surface area contributed by atoms with Crippen LogP contribution in [0.5, 0.6) is 0 Å². The Bertz CT molecular complexity index is 1690. The Hall–Kier alpha value is -4.78. The van der Waals surface area contributed by atoms with Crippen LogP contribution in [0.4, 0.5) is 0 Å². The number of rotatable bonds is 4. The van der Waals surface area contributed by atoms with Gasteiger partial charge >= 0.3 is 5.97 Å². The van der Waals surface area contributed by atoms with Crippen molar-refractivity contribution >= 4 is 40.3 Å². The number of benzene rings is 2. The SMILES string of the molecule is NNC(=O)c1cc(-c2ccc(C#Cc3ccc(C(=O)N4CCCCC4C(=O)O)cc3)c(Cl)c2)nc2ccncc12. The maximum Gasteiger partial charge on any atom is 0.326 e. The molecule has 10 heteroatoms. The zero-order valence-corrected chi connectivity index (χ0v) is 22.0. The number of aromatic nitrogens is 2. The third-order valence-electron chi connectivity index (χ3n) is 6.77. The Morgan fingerprint density at radius 1 is 1.05 bits per heavy atom. The van der Waals surface area contributed by atoms with Crippen molar-refractivity contribution in [1.82, 2.24) is 20.3 Å². The molecule has 1 saturated heterocycles. The third kappa shape index (κ3) is 5.50. The van der Waals surface area contributed by atoms with Gasteiger partial charge in [-0.15, -0.1) is 0 Å². The van der Waals surface area contributed by atoms with Gasteiger partial charge in [0.25, 0.3) is 11.8 Å². The number of nitrogens with one attached hydrogen (secondary N) is 1. The van der Waals surface area contributed by atoms with Crippen molar-refractivity contribution in [2.24, 2.45) is 5.84 Å². The molecule has 0 spiro atoms. The van der Waals surface area contributed by atoms with Crippen molar-refractivity contribution in [2.45, 2.75) is 25.3 Å². The van der Waals surface area contributed by atoms with E-state index in [1.54, 1.807) is 60.9 Å². The Morgan fingerprint density at radius 2 is 1.85 bits per heavy atom. The van der Waals surface area contributed by atoms with Gasteiger partial charge in [0.2, 0.25) is 0 Å². The van der Waals surface area contributed by atoms with Crippen LogP contribution in [0, 0.1) is 11.8 Å². The summed E-state index contributed by atoms with van der Waals surface area (Å²) < 4.78 is 0. The molecule has 1 atom stereocenters. The van der Waals surface area contributed by atoms with Crippen LogP contribution in [0.3, 0.4) is 0 Å². The summed E-state index contributed by atoms with van der Waals surface area (Å²) in [6.07, 6.45) is 5.20. The molecule has 5 rings (SSSR count). The van der Waals surface area contributed by atoms with E-state index in [2.05, 4.69) is 27.2 Å². The predicted octanol–water partition coefficient (Wildman–Crippen LogP) is 4.03. The molecule has 1 fully saturated rings. The number of nitrogens with two attached hydrogens (primary N) is 1. The van der Waals surface area contributed by atoms with Gasteiger partial charge in [-0.25, -0.2) is 15.6 Å². The Morgan fingerprint density at radius 3 is 2.58 bits per heavy atom. The van der Waals surface area contributed by atoms with Crippen molar-refractivity contribution < 1.29 is 19.5 Å². The van der Waals surface area contributed by atoms with Crippen molar-refractivity contribution in [2.75, 3.05) is 6.54 Å². The summed E-state index contributed by atoms with van der Waals surface area (Å²) in [5, 5.41) is 10.5. The molecule has 2 aromatic carbocycles. The van der Waals surface area contributed by atoms with E-state index in [0.29, 0.717) is 62.4 Å². The molecule has 2 aromatic heterocycles. The zero-order valence-electron chi connectivity index (χ0n) is 21.2. The summed E-state index contributed by atoms with van der Waals surface area (Å²) in [6.45, 7) is 0.430. The van der Waals surface area contributed by atoms with Crippen LogP contribution in [0.1, 0.15) is 51.1 Å². The predicted molar refractivity (Wildman–Crippen MR) is 150 cm³/mol. The highest BCUT2D eigenvalue weighted by atomic mass is 35.5. The monoisotopic (exact) mass is 553 g/mol. The largest absolute Gasteiger partial charge is 0.480 e. The second-order valence-electron chi connectivity index (χ2n) is 9.29. The molecule has 9 nitrogen and oxygen atoms in total. The Labute approximate surface area is 235 Å². The number of carbonyl (C=O) groups is 3. The van der Waals surface area contributed by atoms with Crippen LogP contribution in [0.2, 0.25) is 5.02 Å². The highest BCUT2D eigenvalue weighted by molar-refractivity contribution is 6.32. The Kier molecular flexibility index (Phi) is 7.73. The number of carbonyl (C=O) groups excluding carboxylic acids is 2. The maximum absolute atomic E-state index is 12.9. The molecular formula is C30H24ClN5O4. The first kappa shape index (κ1) is 26.8. The van der Waals surface area contributed by atoms with Gasteiger partial charge in [-0.2, -0.15) is 0 Å². The van der Waals surface area contributed by atoms with Crippen molar-refractivity contribution in [1.29, 1.82) is 0 Å². The summed E-state index contributed by atoms with van der Waals surface area (Å²) in [6, 6.07) is 14.6. The number of nitrogen functional groups attached to an aromatic ring is 1. The standard InChI is InChI=1S/C30H24ClN5O4/c31-24-15-21(26-16-22(28(37)35-32)23-17-33-13-12-25(23)34-26)11-10-19(24)7-4-18-5-8-20(9-6-18)29(38)36-14-2-1-3-27(36)30(39)40/h5-6,8-13,15-17,27H,1-3,14,32H2,(H,35,37)(H,39,40). The average Bonchev–Trinajstić information content (AvgIpc) is 2.99. The number of piperidine rings is 1. The highest BCUT2D eigenvalue weighted by Crippen LogP contribution is 2.28. The topological polar surface area (TPSA) is 139 Å². The first-order valence-electron chi connectivity index (χ1n) is 12.6. The lowest BCUT2D eigenvalue weighted by molar-refractivity contribution is -0.143. The fourth-order valence-corrected chi connectivity index (χ4v) is 4.92. The number of aliphatic carboxylic acids is 1.